The molecular weight excluding hydrogens is 364 g/mol. The number of primary amides is 1. The van der Waals surface area contributed by atoms with Crippen molar-refractivity contribution in [2.24, 2.45) is 5.73 Å². The monoisotopic (exact) mass is 382 g/mol. The van der Waals surface area contributed by atoms with Crippen LogP contribution in [0.15, 0.2) is 91.1 Å². The second kappa shape index (κ2) is 7.82. The fourth-order valence-electron chi connectivity index (χ4n) is 3.06. The number of hydrogen-bond acceptors (Lipinski definition) is 3. The Morgan fingerprint density at radius 2 is 1.41 bits per heavy atom. The van der Waals surface area contributed by atoms with E-state index >= 15 is 0 Å². The largest absolute Gasteiger partial charge is 0.366 e. The van der Waals surface area contributed by atoms with Crippen LogP contribution in [-0.4, -0.2) is 21.6 Å². The summed E-state index contributed by atoms with van der Waals surface area (Å²) >= 11 is 0. The Labute approximate surface area is 167 Å². The molecule has 6 nitrogen and oxygen atoms in total. The molecule has 6 heteroatoms. The lowest BCUT2D eigenvalue weighted by atomic mass is 10.1. The Kier molecular flexibility index (Phi) is 4.90. The van der Waals surface area contributed by atoms with Crippen LogP contribution in [0.1, 0.15) is 20.7 Å². The van der Waals surface area contributed by atoms with Gasteiger partial charge in [-0.3, -0.25) is 9.59 Å². The van der Waals surface area contributed by atoms with Crippen molar-refractivity contribution in [3.8, 4) is 16.9 Å². The molecule has 0 aliphatic carbocycles. The Balaban J connectivity index is 1.77. The summed E-state index contributed by atoms with van der Waals surface area (Å²) in [7, 11) is 0. The molecule has 29 heavy (non-hydrogen) atoms. The molecular formula is C23H18N4O2. The number of nitrogens with zero attached hydrogens (tertiary/aromatic N) is 2. The molecule has 0 spiro atoms. The van der Waals surface area contributed by atoms with Gasteiger partial charge in [0.25, 0.3) is 11.8 Å². The van der Waals surface area contributed by atoms with E-state index in [0.29, 0.717) is 16.9 Å². The van der Waals surface area contributed by atoms with E-state index in [9.17, 15) is 9.59 Å². The molecule has 0 bridgehead atoms. The number of para-hydroxylation sites is 2. The lowest BCUT2D eigenvalue weighted by Crippen LogP contribution is -2.18. The van der Waals surface area contributed by atoms with E-state index in [4.69, 9.17) is 5.73 Å². The molecule has 0 aliphatic heterocycles. The fraction of sp³-hybridized carbons (Fsp3) is 0. The van der Waals surface area contributed by atoms with Gasteiger partial charge >= 0.3 is 0 Å². The highest BCUT2D eigenvalue weighted by atomic mass is 16.2. The van der Waals surface area contributed by atoms with E-state index in [1.165, 1.54) is 0 Å². The number of anilines is 1. The Morgan fingerprint density at radius 3 is 2.10 bits per heavy atom. The molecule has 4 aromatic rings. The zero-order chi connectivity index (χ0) is 20.2. The molecule has 0 saturated carbocycles. The minimum Gasteiger partial charge on any atom is -0.366 e. The van der Waals surface area contributed by atoms with E-state index in [1.807, 2.05) is 60.7 Å². The van der Waals surface area contributed by atoms with Crippen LogP contribution in [-0.2, 0) is 0 Å². The van der Waals surface area contributed by atoms with Crippen molar-refractivity contribution < 1.29 is 9.59 Å². The third kappa shape index (κ3) is 3.77. The van der Waals surface area contributed by atoms with Crippen LogP contribution in [0.2, 0.25) is 0 Å². The average Bonchev–Trinajstić information content (AvgIpc) is 3.21. The number of benzene rings is 3. The summed E-state index contributed by atoms with van der Waals surface area (Å²) in [6.07, 6.45) is 1.68. The van der Waals surface area contributed by atoms with Crippen molar-refractivity contribution in [2.75, 3.05) is 5.32 Å². The first-order valence-electron chi connectivity index (χ1n) is 9.04. The normalized spacial score (nSPS) is 10.5. The van der Waals surface area contributed by atoms with Gasteiger partial charge in [0.05, 0.1) is 22.5 Å². The van der Waals surface area contributed by atoms with E-state index in [2.05, 4.69) is 10.4 Å². The van der Waals surface area contributed by atoms with E-state index in [0.717, 1.165) is 11.3 Å². The summed E-state index contributed by atoms with van der Waals surface area (Å²) in [5.41, 5.74) is 8.61. The minimum absolute atomic E-state index is 0.248. The van der Waals surface area contributed by atoms with E-state index in [-0.39, 0.29) is 11.5 Å². The van der Waals surface area contributed by atoms with Gasteiger partial charge in [-0.25, -0.2) is 4.68 Å². The third-order valence-electron chi connectivity index (χ3n) is 4.47. The number of aromatic nitrogens is 2. The summed E-state index contributed by atoms with van der Waals surface area (Å²) in [5, 5.41) is 7.43. The van der Waals surface area contributed by atoms with Crippen LogP contribution >= 0.6 is 0 Å². The molecule has 1 aromatic heterocycles. The zero-order valence-corrected chi connectivity index (χ0v) is 15.4. The van der Waals surface area contributed by atoms with Crippen LogP contribution in [0.5, 0.6) is 0 Å². The van der Waals surface area contributed by atoms with Gasteiger partial charge in [0.15, 0.2) is 0 Å². The smallest absolute Gasteiger partial charge is 0.259 e. The quantitative estimate of drug-likeness (QED) is 0.549. The predicted octanol–water partition coefficient (Wildman–Crippen LogP) is 3.89. The maximum absolute atomic E-state index is 13.1. The standard InChI is InChI=1S/C23H18N4O2/c24-22(28)18-13-7-8-14-20(18)25-23(29)19-15-27(17-11-5-2-6-12-17)26-21(19)16-9-3-1-4-10-16/h1-15H,(H2,24,28)(H,25,29). The first-order chi connectivity index (χ1) is 14.1. The van der Waals surface area contributed by atoms with Gasteiger partial charge in [-0.2, -0.15) is 5.10 Å². The SMILES string of the molecule is NC(=O)c1ccccc1NC(=O)c1cn(-c2ccccc2)nc1-c1ccccc1. The second-order valence-electron chi connectivity index (χ2n) is 6.40. The molecule has 4 rings (SSSR count). The number of nitrogens with two attached hydrogens (primary N) is 1. The maximum Gasteiger partial charge on any atom is 0.259 e. The molecule has 3 N–H and O–H groups in total. The van der Waals surface area contributed by atoms with Crippen LogP contribution in [0, 0.1) is 0 Å². The molecule has 0 atom stereocenters. The van der Waals surface area contributed by atoms with Crippen molar-refractivity contribution in [1.29, 1.82) is 0 Å². The molecule has 0 aliphatic rings. The zero-order valence-electron chi connectivity index (χ0n) is 15.4. The summed E-state index contributed by atoms with van der Waals surface area (Å²) in [6.45, 7) is 0. The molecule has 1 heterocycles. The number of amides is 2. The molecule has 2 amide bonds. The summed E-state index contributed by atoms with van der Waals surface area (Å²) in [5.74, 6) is -0.983. The summed E-state index contributed by atoms with van der Waals surface area (Å²) < 4.78 is 1.66. The lowest BCUT2D eigenvalue weighted by Gasteiger charge is -2.08. The number of carbonyl (C=O) groups is 2. The van der Waals surface area contributed by atoms with E-state index < -0.39 is 5.91 Å². The Morgan fingerprint density at radius 1 is 0.793 bits per heavy atom. The molecule has 3 aromatic carbocycles. The molecule has 0 radical (unpaired) electrons. The highest BCUT2D eigenvalue weighted by Crippen LogP contribution is 2.25. The third-order valence-corrected chi connectivity index (χ3v) is 4.47. The lowest BCUT2D eigenvalue weighted by molar-refractivity contribution is 0.100. The Hall–Kier alpha value is -4.19. The van der Waals surface area contributed by atoms with Gasteiger partial charge in [-0.05, 0) is 24.3 Å². The first-order valence-corrected chi connectivity index (χ1v) is 9.04. The van der Waals surface area contributed by atoms with Crippen LogP contribution in [0.25, 0.3) is 16.9 Å². The predicted molar refractivity (Wildman–Crippen MR) is 112 cm³/mol. The first kappa shape index (κ1) is 18.2. The van der Waals surface area contributed by atoms with E-state index in [1.54, 1.807) is 35.1 Å². The van der Waals surface area contributed by atoms with Gasteiger partial charge in [-0.1, -0.05) is 60.7 Å². The van der Waals surface area contributed by atoms with Crippen molar-refractivity contribution in [1.82, 2.24) is 9.78 Å². The molecule has 142 valence electrons. The summed E-state index contributed by atoms with van der Waals surface area (Å²) in [4.78, 5) is 24.8. The second-order valence-corrected chi connectivity index (χ2v) is 6.40. The van der Waals surface area contributed by atoms with Crippen molar-refractivity contribution in [3.05, 3.63) is 102 Å². The number of rotatable bonds is 5. The topological polar surface area (TPSA) is 90.0 Å². The number of hydrogen-bond donors (Lipinski definition) is 2. The molecule has 0 unspecified atom stereocenters. The fourth-order valence-corrected chi connectivity index (χ4v) is 3.06. The van der Waals surface area contributed by atoms with Crippen molar-refractivity contribution >= 4 is 17.5 Å². The van der Waals surface area contributed by atoms with Crippen LogP contribution in [0.3, 0.4) is 0 Å². The number of nitrogens with one attached hydrogen (secondary N) is 1. The minimum atomic E-state index is -0.607. The van der Waals surface area contributed by atoms with Crippen molar-refractivity contribution in [3.63, 3.8) is 0 Å². The van der Waals surface area contributed by atoms with Crippen LogP contribution < -0.4 is 11.1 Å². The summed E-state index contributed by atoms with van der Waals surface area (Å²) in [6, 6.07) is 25.7. The molecule has 0 saturated heterocycles. The highest BCUT2D eigenvalue weighted by Gasteiger charge is 2.20. The van der Waals surface area contributed by atoms with Gasteiger partial charge < -0.3 is 11.1 Å². The van der Waals surface area contributed by atoms with Gasteiger partial charge in [0.2, 0.25) is 0 Å². The Bertz CT molecular complexity index is 1170. The highest BCUT2D eigenvalue weighted by molar-refractivity contribution is 6.11. The molecule has 0 fully saturated rings. The van der Waals surface area contributed by atoms with Crippen LogP contribution in [0.4, 0.5) is 5.69 Å². The van der Waals surface area contributed by atoms with Gasteiger partial charge in [-0.15, -0.1) is 0 Å². The maximum atomic E-state index is 13.1. The number of carbonyl (C=O) groups excluding carboxylic acids is 2. The average molecular weight is 382 g/mol. The van der Waals surface area contributed by atoms with Crippen molar-refractivity contribution in [2.45, 2.75) is 0 Å². The van der Waals surface area contributed by atoms with Gasteiger partial charge in [0, 0.05) is 11.8 Å². The van der Waals surface area contributed by atoms with Gasteiger partial charge in [0.1, 0.15) is 5.69 Å².